The van der Waals surface area contributed by atoms with Crippen molar-refractivity contribution in [3.05, 3.63) is 29.8 Å². The minimum absolute atomic E-state index is 0.0304. The van der Waals surface area contributed by atoms with Crippen LogP contribution in [-0.4, -0.2) is 42.0 Å². The van der Waals surface area contributed by atoms with Crippen molar-refractivity contribution in [2.24, 2.45) is 17.6 Å². The maximum absolute atomic E-state index is 12.8. The molecule has 1 aliphatic heterocycles. The molecule has 0 spiro atoms. The zero-order valence-corrected chi connectivity index (χ0v) is 13.7. The van der Waals surface area contributed by atoms with Gasteiger partial charge in [-0.1, -0.05) is 6.07 Å². The van der Waals surface area contributed by atoms with Gasteiger partial charge in [0, 0.05) is 36.4 Å². The first kappa shape index (κ1) is 15.4. The van der Waals surface area contributed by atoms with Gasteiger partial charge >= 0.3 is 6.03 Å². The normalized spacial score (nSPS) is 28.5. The summed E-state index contributed by atoms with van der Waals surface area (Å²) in [6.07, 6.45) is 4.29. The summed E-state index contributed by atoms with van der Waals surface area (Å²) in [6, 6.07) is 7.50. The minimum atomic E-state index is -0.205. The van der Waals surface area contributed by atoms with E-state index in [4.69, 9.17) is 5.73 Å². The molecule has 24 heavy (non-hydrogen) atoms. The summed E-state index contributed by atoms with van der Waals surface area (Å²) in [4.78, 5) is 26.5. The van der Waals surface area contributed by atoms with Crippen molar-refractivity contribution >= 4 is 17.6 Å². The van der Waals surface area contributed by atoms with Gasteiger partial charge < -0.3 is 21.3 Å². The topological polar surface area (TPSA) is 87.5 Å². The van der Waals surface area contributed by atoms with E-state index in [0.29, 0.717) is 29.1 Å². The molecule has 1 saturated heterocycles. The van der Waals surface area contributed by atoms with Crippen LogP contribution in [0.15, 0.2) is 24.3 Å². The van der Waals surface area contributed by atoms with E-state index in [0.717, 1.165) is 38.8 Å². The summed E-state index contributed by atoms with van der Waals surface area (Å²) in [5.41, 5.74) is 7.42. The molecule has 128 valence electrons. The Labute approximate surface area is 141 Å². The minimum Gasteiger partial charge on any atom is -0.338 e. The maximum Gasteiger partial charge on any atom is 0.319 e. The Bertz CT molecular complexity index is 658. The number of urea groups is 1. The molecule has 1 heterocycles. The van der Waals surface area contributed by atoms with E-state index >= 15 is 0 Å². The molecule has 3 atom stereocenters. The Hall–Kier alpha value is -2.08. The standard InChI is InChI=1S/C18H24N4O2/c19-16-7-4-12-9-22(10-15(12)16)17(23)11-2-1-3-14(8-11)21-18(24)20-13-5-6-13/h1-3,8,12-13,15-16H,4-7,9-10,19H2,(H2,20,21,24). The molecule has 3 aliphatic rings. The number of anilines is 1. The van der Waals surface area contributed by atoms with E-state index in [1.807, 2.05) is 11.0 Å². The lowest BCUT2D eigenvalue weighted by Crippen LogP contribution is -2.33. The molecular formula is C18H24N4O2. The number of nitrogens with zero attached hydrogens (tertiary/aromatic N) is 1. The van der Waals surface area contributed by atoms with Crippen LogP contribution in [0.25, 0.3) is 0 Å². The number of hydrogen-bond donors (Lipinski definition) is 3. The number of carbonyl (C=O) groups is 2. The third-order valence-electron chi connectivity index (χ3n) is 5.48. The molecule has 3 unspecified atom stereocenters. The molecular weight excluding hydrogens is 304 g/mol. The van der Waals surface area contributed by atoms with E-state index in [2.05, 4.69) is 10.6 Å². The number of fused-ring (bicyclic) bond motifs is 1. The van der Waals surface area contributed by atoms with E-state index in [1.54, 1.807) is 18.2 Å². The van der Waals surface area contributed by atoms with Crippen LogP contribution in [0.2, 0.25) is 0 Å². The maximum atomic E-state index is 12.8. The number of amides is 3. The van der Waals surface area contributed by atoms with Crippen molar-refractivity contribution in [1.29, 1.82) is 0 Å². The molecule has 1 aromatic carbocycles. The lowest BCUT2D eigenvalue weighted by atomic mass is 9.98. The molecule has 6 nitrogen and oxygen atoms in total. The van der Waals surface area contributed by atoms with Crippen molar-refractivity contribution in [3.8, 4) is 0 Å². The molecule has 0 aromatic heterocycles. The second-order valence-corrected chi connectivity index (χ2v) is 7.33. The second kappa shape index (κ2) is 6.09. The Kier molecular flexibility index (Phi) is 3.92. The van der Waals surface area contributed by atoms with Crippen LogP contribution in [0.5, 0.6) is 0 Å². The van der Waals surface area contributed by atoms with Gasteiger partial charge in [-0.05, 0) is 55.7 Å². The van der Waals surface area contributed by atoms with E-state index in [1.165, 1.54) is 0 Å². The zero-order chi connectivity index (χ0) is 16.7. The zero-order valence-electron chi connectivity index (χ0n) is 13.7. The van der Waals surface area contributed by atoms with Crippen molar-refractivity contribution in [1.82, 2.24) is 10.2 Å². The van der Waals surface area contributed by atoms with E-state index in [-0.39, 0.29) is 18.0 Å². The Morgan fingerprint density at radius 2 is 1.96 bits per heavy atom. The highest BCUT2D eigenvalue weighted by Crippen LogP contribution is 2.37. The molecule has 0 radical (unpaired) electrons. The van der Waals surface area contributed by atoms with Crippen molar-refractivity contribution < 1.29 is 9.59 Å². The summed E-state index contributed by atoms with van der Waals surface area (Å²) >= 11 is 0. The molecule has 0 bridgehead atoms. The van der Waals surface area contributed by atoms with E-state index < -0.39 is 0 Å². The molecule has 4 rings (SSSR count). The monoisotopic (exact) mass is 328 g/mol. The molecule has 4 N–H and O–H groups in total. The lowest BCUT2D eigenvalue weighted by molar-refractivity contribution is 0.0779. The Morgan fingerprint density at radius 1 is 1.12 bits per heavy atom. The SMILES string of the molecule is NC1CCC2CN(C(=O)c3cccc(NC(=O)NC4CC4)c3)CC12. The number of likely N-dealkylation sites (tertiary alicyclic amines) is 1. The molecule has 2 aliphatic carbocycles. The lowest BCUT2D eigenvalue weighted by Gasteiger charge is -2.19. The summed E-state index contributed by atoms with van der Waals surface area (Å²) in [6.45, 7) is 1.56. The fourth-order valence-corrected chi connectivity index (χ4v) is 3.97. The summed E-state index contributed by atoms with van der Waals surface area (Å²) in [7, 11) is 0. The number of nitrogens with two attached hydrogens (primary N) is 1. The highest BCUT2D eigenvalue weighted by Gasteiger charge is 2.42. The third-order valence-corrected chi connectivity index (χ3v) is 5.48. The first-order valence-electron chi connectivity index (χ1n) is 8.82. The Balaban J connectivity index is 1.41. The smallest absolute Gasteiger partial charge is 0.319 e. The van der Waals surface area contributed by atoms with Gasteiger partial charge in [0.05, 0.1) is 0 Å². The van der Waals surface area contributed by atoms with Gasteiger partial charge in [0.1, 0.15) is 0 Å². The average molecular weight is 328 g/mol. The number of hydrogen-bond acceptors (Lipinski definition) is 3. The van der Waals surface area contributed by atoms with Crippen molar-refractivity contribution in [2.45, 2.75) is 37.8 Å². The van der Waals surface area contributed by atoms with Gasteiger partial charge in [-0.25, -0.2) is 4.79 Å². The summed E-state index contributed by atoms with van der Waals surface area (Å²) in [5.74, 6) is 1.03. The highest BCUT2D eigenvalue weighted by molar-refractivity contribution is 5.97. The van der Waals surface area contributed by atoms with Crippen LogP contribution in [0, 0.1) is 11.8 Å². The van der Waals surface area contributed by atoms with Gasteiger partial charge in [0.15, 0.2) is 0 Å². The van der Waals surface area contributed by atoms with Crippen LogP contribution in [-0.2, 0) is 0 Å². The van der Waals surface area contributed by atoms with Crippen LogP contribution in [0.3, 0.4) is 0 Å². The second-order valence-electron chi connectivity index (χ2n) is 7.33. The van der Waals surface area contributed by atoms with Crippen molar-refractivity contribution in [3.63, 3.8) is 0 Å². The predicted molar refractivity (Wildman–Crippen MR) is 91.7 cm³/mol. The summed E-state index contributed by atoms with van der Waals surface area (Å²) in [5, 5.41) is 5.68. The summed E-state index contributed by atoms with van der Waals surface area (Å²) < 4.78 is 0. The Morgan fingerprint density at radius 3 is 2.71 bits per heavy atom. The van der Waals surface area contributed by atoms with Gasteiger partial charge in [-0.2, -0.15) is 0 Å². The highest BCUT2D eigenvalue weighted by atomic mass is 16.2. The van der Waals surface area contributed by atoms with Crippen LogP contribution in [0.4, 0.5) is 10.5 Å². The quantitative estimate of drug-likeness (QED) is 0.790. The number of benzene rings is 1. The third kappa shape index (κ3) is 3.11. The van der Waals surface area contributed by atoms with Crippen LogP contribution >= 0.6 is 0 Å². The largest absolute Gasteiger partial charge is 0.338 e. The van der Waals surface area contributed by atoms with Crippen molar-refractivity contribution in [2.75, 3.05) is 18.4 Å². The molecule has 3 fully saturated rings. The fourth-order valence-electron chi connectivity index (χ4n) is 3.97. The first-order chi connectivity index (χ1) is 11.6. The van der Waals surface area contributed by atoms with Gasteiger partial charge in [0.25, 0.3) is 5.91 Å². The number of rotatable bonds is 3. The molecule has 3 amide bonds. The van der Waals surface area contributed by atoms with Gasteiger partial charge in [-0.15, -0.1) is 0 Å². The molecule has 2 saturated carbocycles. The molecule has 6 heteroatoms. The van der Waals surface area contributed by atoms with E-state index in [9.17, 15) is 9.59 Å². The first-order valence-corrected chi connectivity index (χ1v) is 8.82. The van der Waals surface area contributed by atoms with Crippen LogP contribution in [0.1, 0.15) is 36.0 Å². The number of carbonyl (C=O) groups excluding carboxylic acids is 2. The fraction of sp³-hybridized carbons (Fsp3) is 0.556. The number of nitrogens with one attached hydrogen (secondary N) is 2. The average Bonchev–Trinajstić information content (AvgIpc) is 3.16. The van der Waals surface area contributed by atoms with Gasteiger partial charge in [0.2, 0.25) is 0 Å². The molecule has 1 aromatic rings. The predicted octanol–water partition coefficient (Wildman–Crippen LogP) is 1.78. The van der Waals surface area contributed by atoms with Crippen LogP contribution < -0.4 is 16.4 Å². The van der Waals surface area contributed by atoms with Gasteiger partial charge in [-0.3, -0.25) is 4.79 Å².